The number of unbranched alkanes of at least 4 members (excludes halogenated alkanes) is 6. The first-order valence-corrected chi connectivity index (χ1v) is 11.8. The van der Waals surface area contributed by atoms with Crippen LogP contribution in [0, 0.1) is 5.41 Å². The van der Waals surface area contributed by atoms with Crippen LogP contribution in [0.15, 0.2) is 6.07 Å². The van der Waals surface area contributed by atoms with E-state index in [0.717, 1.165) is 44.9 Å². The molecule has 3 N–H and O–H groups in total. The maximum atomic E-state index is 10.5. The lowest BCUT2D eigenvalue weighted by molar-refractivity contribution is -0.140. The van der Waals surface area contributed by atoms with Gasteiger partial charge in [0.15, 0.2) is 11.5 Å². The maximum absolute atomic E-state index is 10.5. The Kier molecular flexibility index (Phi) is 11.2. The molecule has 0 saturated carbocycles. The molecule has 31 heavy (non-hydrogen) atoms. The molecule has 1 aromatic carbocycles. The van der Waals surface area contributed by atoms with Gasteiger partial charge in [-0.15, -0.1) is 0 Å². The van der Waals surface area contributed by atoms with Gasteiger partial charge in [0.1, 0.15) is 5.60 Å². The largest absolute Gasteiger partial charge is 0.504 e. The van der Waals surface area contributed by atoms with Crippen LogP contribution in [-0.4, -0.2) is 27.4 Å². The molecule has 0 aliphatic heterocycles. The lowest BCUT2D eigenvalue weighted by Gasteiger charge is -2.22. The normalized spacial score (nSPS) is 12.2. The molecule has 0 bridgehead atoms. The number of phenolic OH excluding ortho intramolecular Hbond substituents is 3. The van der Waals surface area contributed by atoms with Gasteiger partial charge in [-0.05, 0) is 81.4 Å². The second-order valence-electron chi connectivity index (χ2n) is 10.6. The number of carbonyl (C=O) groups is 1. The van der Waals surface area contributed by atoms with Gasteiger partial charge in [0.25, 0.3) is 6.47 Å². The molecule has 0 saturated heterocycles. The highest BCUT2D eigenvalue weighted by Crippen LogP contribution is 2.41. The maximum Gasteiger partial charge on any atom is 0.293 e. The van der Waals surface area contributed by atoms with Crippen LogP contribution in [0.5, 0.6) is 17.2 Å². The minimum absolute atomic E-state index is 0.187. The van der Waals surface area contributed by atoms with Crippen LogP contribution in [0.1, 0.15) is 110 Å². The summed E-state index contributed by atoms with van der Waals surface area (Å²) in [6, 6.07) is 1.85. The molecule has 5 nitrogen and oxygen atoms in total. The summed E-state index contributed by atoms with van der Waals surface area (Å²) < 4.78 is 5.06. The number of rotatable bonds is 15. The van der Waals surface area contributed by atoms with Crippen molar-refractivity contribution in [3.05, 3.63) is 17.2 Å². The quantitative estimate of drug-likeness (QED) is 0.160. The topological polar surface area (TPSA) is 87.0 Å². The van der Waals surface area contributed by atoms with Crippen molar-refractivity contribution in [1.29, 1.82) is 0 Å². The summed E-state index contributed by atoms with van der Waals surface area (Å²) in [7, 11) is 0. The van der Waals surface area contributed by atoms with Crippen LogP contribution in [-0.2, 0) is 22.4 Å². The van der Waals surface area contributed by atoms with Gasteiger partial charge in [0.05, 0.1) is 0 Å². The summed E-state index contributed by atoms with van der Waals surface area (Å²) in [5.41, 5.74) is 1.36. The number of aromatic hydroxyl groups is 3. The number of benzene rings is 1. The highest BCUT2D eigenvalue weighted by atomic mass is 16.5. The molecule has 0 spiro atoms. The number of phenols is 3. The number of hydrogen-bond donors (Lipinski definition) is 3. The predicted molar refractivity (Wildman–Crippen MR) is 126 cm³/mol. The highest BCUT2D eigenvalue weighted by Gasteiger charge is 2.18. The van der Waals surface area contributed by atoms with Gasteiger partial charge in [-0.3, -0.25) is 4.79 Å². The summed E-state index contributed by atoms with van der Waals surface area (Å²) in [5, 5.41) is 30.6. The van der Waals surface area contributed by atoms with Crippen LogP contribution in [0.3, 0.4) is 0 Å². The molecule has 1 aromatic rings. The van der Waals surface area contributed by atoms with E-state index in [2.05, 4.69) is 20.8 Å². The minimum Gasteiger partial charge on any atom is -0.504 e. The first kappa shape index (κ1) is 27.1. The Morgan fingerprint density at radius 1 is 0.710 bits per heavy atom. The SMILES string of the molecule is CC(C)(C)CCCCCCc1cc(CCCCCCC(C)(C)OC=O)c(O)c(O)c1O. The Bertz CT molecular complexity index is 673. The zero-order valence-corrected chi connectivity index (χ0v) is 20.3. The second kappa shape index (κ2) is 12.8. The Hall–Kier alpha value is -1.91. The minimum atomic E-state index is -0.426. The van der Waals surface area contributed by atoms with Crippen LogP contribution >= 0.6 is 0 Å². The van der Waals surface area contributed by atoms with E-state index in [1.807, 2.05) is 19.9 Å². The van der Waals surface area contributed by atoms with Crippen molar-refractivity contribution in [2.75, 3.05) is 0 Å². The summed E-state index contributed by atoms with van der Waals surface area (Å²) >= 11 is 0. The van der Waals surface area contributed by atoms with Gasteiger partial charge in [-0.1, -0.05) is 52.9 Å². The van der Waals surface area contributed by atoms with Gasteiger partial charge < -0.3 is 20.1 Å². The first-order valence-electron chi connectivity index (χ1n) is 11.8. The monoisotopic (exact) mass is 436 g/mol. The average molecular weight is 437 g/mol. The molecule has 1 rings (SSSR count). The fraction of sp³-hybridized carbons (Fsp3) is 0.731. The molecule has 0 radical (unpaired) electrons. The molecule has 0 heterocycles. The van der Waals surface area contributed by atoms with E-state index in [-0.39, 0.29) is 11.5 Å². The molecule has 0 aliphatic rings. The van der Waals surface area contributed by atoms with Crippen molar-refractivity contribution >= 4 is 6.47 Å². The molecule has 178 valence electrons. The zero-order chi connectivity index (χ0) is 23.5. The van der Waals surface area contributed by atoms with Gasteiger partial charge in [0, 0.05) is 0 Å². The van der Waals surface area contributed by atoms with Crippen LogP contribution in [0.4, 0.5) is 0 Å². The summed E-state index contributed by atoms with van der Waals surface area (Å²) in [5.74, 6) is -0.784. The molecule has 0 fully saturated rings. The molecule has 0 amide bonds. The molecule has 5 heteroatoms. The van der Waals surface area contributed by atoms with Crippen molar-refractivity contribution in [3.63, 3.8) is 0 Å². The Morgan fingerprint density at radius 3 is 1.61 bits per heavy atom. The molecule has 0 aliphatic carbocycles. The second-order valence-corrected chi connectivity index (χ2v) is 10.6. The van der Waals surface area contributed by atoms with E-state index in [4.69, 9.17) is 4.74 Å². The van der Waals surface area contributed by atoms with Gasteiger partial charge in [-0.2, -0.15) is 0 Å². The number of aryl methyl sites for hydroxylation is 2. The van der Waals surface area contributed by atoms with E-state index < -0.39 is 11.4 Å². The molecule has 0 aromatic heterocycles. The van der Waals surface area contributed by atoms with Crippen molar-refractivity contribution < 1.29 is 24.9 Å². The van der Waals surface area contributed by atoms with Crippen molar-refractivity contribution in [2.45, 2.75) is 117 Å². The fourth-order valence-corrected chi connectivity index (χ4v) is 3.88. The Balaban J connectivity index is 2.46. The van der Waals surface area contributed by atoms with E-state index in [0.29, 0.717) is 35.9 Å². The summed E-state index contributed by atoms with van der Waals surface area (Å²) in [6.45, 7) is 11.1. The van der Waals surface area contributed by atoms with Gasteiger partial charge >= 0.3 is 0 Å². The molecule has 0 unspecified atom stereocenters. The van der Waals surface area contributed by atoms with E-state index >= 15 is 0 Å². The lowest BCUT2D eigenvalue weighted by Crippen LogP contribution is -2.23. The molecule has 0 atom stereocenters. The van der Waals surface area contributed by atoms with E-state index in [1.165, 1.54) is 19.3 Å². The van der Waals surface area contributed by atoms with Gasteiger partial charge in [0.2, 0.25) is 5.75 Å². The highest BCUT2D eigenvalue weighted by molar-refractivity contribution is 5.57. The fourth-order valence-electron chi connectivity index (χ4n) is 3.88. The van der Waals surface area contributed by atoms with Crippen molar-refractivity contribution in [3.8, 4) is 17.2 Å². The Morgan fingerprint density at radius 2 is 1.16 bits per heavy atom. The predicted octanol–water partition coefficient (Wildman–Crippen LogP) is 6.79. The third-order valence-electron chi connectivity index (χ3n) is 5.87. The third-order valence-corrected chi connectivity index (χ3v) is 5.87. The van der Waals surface area contributed by atoms with Crippen LogP contribution < -0.4 is 0 Å². The molecular weight excluding hydrogens is 392 g/mol. The van der Waals surface area contributed by atoms with Crippen molar-refractivity contribution in [1.82, 2.24) is 0 Å². The Labute approximate surface area is 188 Å². The van der Waals surface area contributed by atoms with Gasteiger partial charge in [-0.25, -0.2) is 0 Å². The third kappa shape index (κ3) is 10.8. The van der Waals surface area contributed by atoms with Crippen molar-refractivity contribution in [2.24, 2.45) is 5.41 Å². The zero-order valence-electron chi connectivity index (χ0n) is 20.3. The number of hydrogen-bond acceptors (Lipinski definition) is 5. The average Bonchev–Trinajstić information content (AvgIpc) is 2.67. The van der Waals surface area contributed by atoms with Crippen LogP contribution in [0.2, 0.25) is 0 Å². The van der Waals surface area contributed by atoms with E-state index in [9.17, 15) is 20.1 Å². The lowest BCUT2D eigenvalue weighted by atomic mass is 9.89. The van der Waals surface area contributed by atoms with Crippen LogP contribution in [0.25, 0.3) is 0 Å². The number of ether oxygens (including phenoxy) is 1. The summed E-state index contributed by atoms with van der Waals surface area (Å²) in [4.78, 5) is 10.5. The summed E-state index contributed by atoms with van der Waals surface area (Å²) in [6.07, 6.45) is 11.7. The smallest absolute Gasteiger partial charge is 0.293 e. The molecular formula is C26H44O5. The standard InChI is InChI=1S/C26H44O5/c1-25(2,3)16-12-8-6-10-14-20-18-21(23(29)24(30)22(20)28)15-11-7-9-13-17-26(4,5)31-19-27/h18-19,28-30H,6-17H2,1-5H3. The van der Waals surface area contributed by atoms with E-state index in [1.54, 1.807) is 0 Å². The first-order chi connectivity index (χ1) is 14.5. The number of carbonyl (C=O) groups excluding carboxylic acids is 1.